The van der Waals surface area contributed by atoms with E-state index in [0.29, 0.717) is 28.1 Å². The molecule has 154 valence electrons. The van der Waals surface area contributed by atoms with Crippen LogP contribution in [0, 0.1) is 51.8 Å². The van der Waals surface area contributed by atoms with Crippen LogP contribution in [0.15, 0.2) is 35.5 Å². The minimum atomic E-state index is 0.448. The monoisotopic (exact) mass is 378 g/mol. The van der Waals surface area contributed by atoms with Crippen molar-refractivity contribution >= 4 is 0 Å². The van der Waals surface area contributed by atoms with Gasteiger partial charge in [0.05, 0.1) is 0 Å². The third-order valence-corrected chi connectivity index (χ3v) is 10.9. The smallest absolute Gasteiger partial charge is 0.00239 e. The first kappa shape index (κ1) is 19.2. The van der Waals surface area contributed by atoms with Gasteiger partial charge in [-0.2, -0.15) is 0 Å². The third-order valence-electron chi connectivity index (χ3n) is 10.9. The molecule has 0 aromatic rings. The molecule has 0 N–H and O–H groups in total. The van der Waals surface area contributed by atoms with Gasteiger partial charge in [-0.25, -0.2) is 0 Å². The molecule has 5 aliphatic carbocycles. The van der Waals surface area contributed by atoms with Crippen molar-refractivity contribution in [2.24, 2.45) is 51.8 Å². The highest BCUT2D eigenvalue weighted by atomic mass is 14.7. The lowest BCUT2D eigenvalue weighted by Crippen LogP contribution is -2.42. The van der Waals surface area contributed by atoms with Gasteiger partial charge in [0.2, 0.25) is 0 Å². The maximum atomic E-state index is 2.70. The van der Waals surface area contributed by atoms with Crippen LogP contribution in [0.3, 0.4) is 0 Å². The quantitative estimate of drug-likeness (QED) is 0.435. The van der Waals surface area contributed by atoms with Gasteiger partial charge in [-0.15, -0.1) is 0 Å². The van der Waals surface area contributed by atoms with Crippen molar-refractivity contribution in [3.05, 3.63) is 35.5 Å². The van der Waals surface area contributed by atoms with E-state index in [0.717, 1.165) is 23.7 Å². The summed E-state index contributed by atoms with van der Waals surface area (Å²) >= 11 is 0. The van der Waals surface area contributed by atoms with Crippen LogP contribution in [-0.4, -0.2) is 0 Å². The Balaban J connectivity index is 1.45. The van der Waals surface area contributed by atoms with Crippen molar-refractivity contribution in [2.45, 2.75) is 86.5 Å². The number of rotatable bonds is 4. The van der Waals surface area contributed by atoms with E-state index in [4.69, 9.17) is 0 Å². The topological polar surface area (TPSA) is 0 Å². The Morgan fingerprint density at radius 2 is 1.79 bits per heavy atom. The Bertz CT molecular complexity index is 750. The van der Waals surface area contributed by atoms with Crippen LogP contribution >= 0.6 is 0 Å². The van der Waals surface area contributed by atoms with Crippen LogP contribution in [-0.2, 0) is 0 Å². The van der Waals surface area contributed by atoms with E-state index in [1.54, 1.807) is 0 Å². The van der Waals surface area contributed by atoms with E-state index in [-0.39, 0.29) is 0 Å². The third kappa shape index (κ3) is 2.36. The molecule has 1 spiro atoms. The van der Waals surface area contributed by atoms with Crippen molar-refractivity contribution in [2.75, 3.05) is 0 Å². The molecule has 28 heavy (non-hydrogen) atoms. The summed E-state index contributed by atoms with van der Waals surface area (Å²) in [5.74, 6) is 4.86. The molecule has 0 heterocycles. The molecule has 0 saturated heterocycles. The largest absolute Gasteiger partial charge is 0.0852 e. The molecule has 0 unspecified atom stereocenters. The highest BCUT2D eigenvalue weighted by Crippen LogP contribution is 2.79. The van der Waals surface area contributed by atoms with Gasteiger partial charge in [-0.3, -0.25) is 0 Å². The first-order chi connectivity index (χ1) is 13.2. The second kappa shape index (κ2) is 6.12. The van der Waals surface area contributed by atoms with E-state index in [1.165, 1.54) is 44.9 Å². The minimum absolute atomic E-state index is 0.448. The SMILES string of the molecule is CC(C)[C@@H](C)C=C[C@@H](C)[C@H]1CCC2=C3C=C[C@]45C[C@@H]4CC[C@]5(C)[C@@H]3CC[C@@]21C. The Kier molecular flexibility index (Phi) is 4.19. The molecule has 3 saturated carbocycles. The maximum Gasteiger partial charge on any atom is -0.00239 e. The zero-order chi connectivity index (χ0) is 19.9. The van der Waals surface area contributed by atoms with E-state index >= 15 is 0 Å². The lowest BCUT2D eigenvalue weighted by molar-refractivity contribution is 0.0893. The Labute approximate surface area is 173 Å². The molecule has 0 amide bonds. The van der Waals surface area contributed by atoms with E-state index < -0.39 is 0 Å². The van der Waals surface area contributed by atoms with Crippen LogP contribution in [0.2, 0.25) is 0 Å². The van der Waals surface area contributed by atoms with Gasteiger partial charge < -0.3 is 0 Å². The van der Waals surface area contributed by atoms with Crippen molar-refractivity contribution in [3.8, 4) is 0 Å². The zero-order valence-electron chi connectivity index (χ0n) is 19.2. The predicted octanol–water partition coefficient (Wildman–Crippen LogP) is 7.97. The first-order valence-corrected chi connectivity index (χ1v) is 12.3. The van der Waals surface area contributed by atoms with Gasteiger partial charge in [0.25, 0.3) is 0 Å². The lowest BCUT2D eigenvalue weighted by Gasteiger charge is -2.51. The summed E-state index contributed by atoms with van der Waals surface area (Å²) in [6.45, 7) is 14.9. The minimum Gasteiger partial charge on any atom is -0.0852 e. The Hall–Kier alpha value is -0.780. The average molecular weight is 379 g/mol. The van der Waals surface area contributed by atoms with Crippen molar-refractivity contribution in [1.29, 1.82) is 0 Å². The fourth-order valence-corrected chi connectivity index (χ4v) is 8.42. The molecule has 0 bridgehead atoms. The summed E-state index contributed by atoms with van der Waals surface area (Å²) in [6.07, 6.45) is 20.5. The van der Waals surface area contributed by atoms with Gasteiger partial charge in [-0.1, -0.05) is 71.4 Å². The number of allylic oxidation sites excluding steroid dienone is 6. The standard InChI is InChI=1S/C28H42/c1-18(2)19(3)7-8-20(4)23-9-10-24-22-12-16-28-17-21(28)11-15-27(28,6)25(22)13-14-26(23,24)5/h7-8,12,16,18-21,23,25H,9-11,13-15,17H2,1-6H3/t19-,20+,21-,23+,25+,26+,27+,28-/m0/s1. The van der Waals surface area contributed by atoms with E-state index in [9.17, 15) is 0 Å². The van der Waals surface area contributed by atoms with E-state index in [1.807, 2.05) is 11.1 Å². The molecule has 0 aromatic carbocycles. The highest BCUT2D eigenvalue weighted by molar-refractivity contribution is 5.46. The first-order valence-electron chi connectivity index (χ1n) is 12.3. The van der Waals surface area contributed by atoms with Crippen molar-refractivity contribution < 1.29 is 0 Å². The highest BCUT2D eigenvalue weighted by Gasteiger charge is 2.71. The number of hydrogen-bond acceptors (Lipinski definition) is 0. The zero-order valence-corrected chi connectivity index (χ0v) is 19.2. The summed E-state index contributed by atoms with van der Waals surface area (Å²) in [4.78, 5) is 0. The molecule has 0 radical (unpaired) electrons. The molecule has 0 aliphatic heterocycles. The fourth-order valence-electron chi connectivity index (χ4n) is 8.42. The van der Waals surface area contributed by atoms with Crippen LogP contribution < -0.4 is 0 Å². The molecule has 0 heteroatoms. The molecule has 0 nitrogen and oxygen atoms in total. The van der Waals surface area contributed by atoms with Gasteiger partial charge in [0, 0.05) is 0 Å². The second-order valence-electron chi connectivity index (χ2n) is 12.2. The van der Waals surface area contributed by atoms with Gasteiger partial charge in [-0.05, 0) is 102 Å². The predicted molar refractivity (Wildman–Crippen MR) is 120 cm³/mol. The molecule has 8 atom stereocenters. The van der Waals surface area contributed by atoms with Crippen LogP contribution in [0.4, 0.5) is 0 Å². The van der Waals surface area contributed by atoms with Crippen molar-refractivity contribution in [1.82, 2.24) is 0 Å². The summed E-state index contributed by atoms with van der Waals surface area (Å²) in [6, 6.07) is 0. The summed E-state index contributed by atoms with van der Waals surface area (Å²) in [5, 5.41) is 0. The van der Waals surface area contributed by atoms with Gasteiger partial charge in [0.15, 0.2) is 0 Å². The Morgan fingerprint density at radius 1 is 1.00 bits per heavy atom. The van der Waals surface area contributed by atoms with Crippen LogP contribution in [0.25, 0.3) is 0 Å². The second-order valence-corrected chi connectivity index (χ2v) is 12.2. The summed E-state index contributed by atoms with van der Waals surface area (Å²) in [7, 11) is 0. The van der Waals surface area contributed by atoms with Gasteiger partial charge >= 0.3 is 0 Å². The lowest BCUT2D eigenvalue weighted by atomic mass is 9.53. The molecule has 0 aromatic heterocycles. The average Bonchev–Trinajstić information content (AvgIpc) is 3.14. The molecular weight excluding hydrogens is 336 g/mol. The van der Waals surface area contributed by atoms with E-state index in [2.05, 4.69) is 65.8 Å². The maximum absolute atomic E-state index is 2.70. The normalized spacial score (nSPS) is 48.5. The fraction of sp³-hybridized carbons (Fsp3) is 0.786. The molecule has 3 fully saturated rings. The number of hydrogen-bond donors (Lipinski definition) is 0. The summed E-state index contributed by atoms with van der Waals surface area (Å²) in [5.41, 5.74) is 5.32. The van der Waals surface area contributed by atoms with Crippen LogP contribution in [0.5, 0.6) is 0 Å². The molecular formula is C28H42. The number of fused-ring (bicyclic) bond motifs is 3. The van der Waals surface area contributed by atoms with Crippen molar-refractivity contribution in [3.63, 3.8) is 0 Å². The Morgan fingerprint density at radius 3 is 2.50 bits per heavy atom. The summed E-state index contributed by atoms with van der Waals surface area (Å²) < 4.78 is 0. The molecule has 5 aliphatic rings. The molecule has 5 rings (SSSR count). The van der Waals surface area contributed by atoms with Gasteiger partial charge in [0.1, 0.15) is 0 Å². The van der Waals surface area contributed by atoms with Crippen LogP contribution in [0.1, 0.15) is 86.5 Å².